The topological polar surface area (TPSA) is 104 Å². The van der Waals surface area contributed by atoms with Crippen molar-refractivity contribution in [3.63, 3.8) is 0 Å². The average molecular weight is 425 g/mol. The minimum atomic E-state index is -0.107. The number of piperidine rings is 1. The molecule has 0 unspecified atom stereocenters. The minimum Gasteiger partial charge on any atom is -0.373 e. The molecule has 5 rings (SSSR count). The number of amides is 2. The van der Waals surface area contributed by atoms with Crippen molar-refractivity contribution in [1.82, 2.24) is 24.9 Å². The molecule has 2 aromatic heterocycles. The molecule has 0 aromatic carbocycles. The summed E-state index contributed by atoms with van der Waals surface area (Å²) in [5.41, 5.74) is 2.36. The number of carbonyl (C=O) groups is 2. The lowest BCUT2D eigenvalue weighted by Crippen LogP contribution is -2.38. The SMILES string of the molecule is CNc1nc(C2CCN(C(C)=O)CC2)nc2c1CN(C(=O)c1cc(C3CC3)on1)CC2. The monoisotopic (exact) mass is 424 g/mol. The number of nitrogens with zero attached hydrogens (tertiary/aromatic N) is 5. The average Bonchev–Trinajstić information content (AvgIpc) is 3.54. The summed E-state index contributed by atoms with van der Waals surface area (Å²) in [6, 6.07) is 1.79. The predicted octanol–water partition coefficient (Wildman–Crippen LogP) is 2.31. The third-order valence-corrected chi connectivity index (χ3v) is 6.63. The zero-order valence-electron chi connectivity index (χ0n) is 18.1. The van der Waals surface area contributed by atoms with E-state index in [0.29, 0.717) is 31.1 Å². The van der Waals surface area contributed by atoms with E-state index >= 15 is 0 Å². The number of hydrogen-bond acceptors (Lipinski definition) is 7. The smallest absolute Gasteiger partial charge is 0.276 e. The maximum Gasteiger partial charge on any atom is 0.276 e. The molecule has 3 aliphatic rings. The minimum absolute atomic E-state index is 0.107. The quantitative estimate of drug-likeness (QED) is 0.803. The van der Waals surface area contributed by atoms with Crippen molar-refractivity contribution in [3.05, 3.63) is 34.6 Å². The van der Waals surface area contributed by atoms with E-state index < -0.39 is 0 Å². The van der Waals surface area contributed by atoms with Crippen LogP contribution in [-0.4, -0.2) is 63.4 Å². The molecule has 2 aromatic rings. The Labute approximate surface area is 181 Å². The molecular formula is C22H28N6O3. The summed E-state index contributed by atoms with van der Waals surface area (Å²) in [6.45, 7) is 4.17. The van der Waals surface area contributed by atoms with Gasteiger partial charge in [0.2, 0.25) is 5.91 Å². The summed E-state index contributed by atoms with van der Waals surface area (Å²) in [5, 5.41) is 7.20. The first-order valence-electron chi connectivity index (χ1n) is 11.1. The maximum atomic E-state index is 13.0. The van der Waals surface area contributed by atoms with Crippen molar-refractivity contribution < 1.29 is 14.1 Å². The number of carbonyl (C=O) groups excluding carboxylic acids is 2. The first kappa shape index (κ1) is 20.0. The number of rotatable bonds is 4. The van der Waals surface area contributed by atoms with E-state index in [4.69, 9.17) is 14.5 Å². The number of aromatic nitrogens is 3. The van der Waals surface area contributed by atoms with Crippen LogP contribution in [0.5, 0.6) is 0 Å². The molecule has 4 heterocycles. The molecule has 9 heteroatoms. The maximum absolute atomic E-state index is 13.0. The van der Waals surface area contributed by atoms with E-state index in [0.717, 1.165) is 67.4 Å². The normalized spacial score (nSPS) is 19.3. The molecule has 2 fully saturated rings. The molecule has 0 radical (unpaired) electrons. The van der Waals surface area contributed by atoms with E-state index in [1.54, 1.807) is 17.9 Å². The van der Waals surface area contributed by atoms with Crippen molar-refractivity contribution in [2.45, 2.75) is 57.4 Å². The Morgan fingerprint density at radius 3 is 2.52 bits per heavy atom. The van der Waals surface area contributed by atoms with Gasteiger partial charge in [0.25, 0.3) is 5.91 Å². The molecule has 1 aliphatic carbocycles. The van der Waals surface area contributed by atoms with E-state index in [2.05, 4.69) is 10.5 Å². The van der Waals surface area contributed by atoms with Gasteiger partial charge in [-0.25, -0.2) is 9.97 Å². The molecule has 0 spiro atoms. The van der Waals surface area contributed by atoms with Gasteiger partial charge in [-0.1, -0.05) is 5.16 Å². The number of hydrogen-bond donors (Lipinski definition) is 1. The highest BCUT2D eigenvalue weighted by Crippen LogP contribution is 2.40. The molecular weight excluding hydrogens is 396 g/mol. The summed E-state index contributed by atoms with van der Waals surface area (Å²) in [7, 11) is 1.85. The first-order valence-corrected chi connectivity index (χ1v) is 11.1. The Balaban J connectivity index is 1.32. The Hall–Kier alpha value is -2.97. The fourth-order valence-electron chi connectivity index (χ4n) is 4.56. The standard InChI is InChI=1S/C22H28N6O3/c1-13(29)27-8-5-15(6-9-27)20-24-17-7-10-28(12-16(17)21(23-2)25-20)22(30)18-11-19(31-26-18)14-3-4-14/h11,14-15H,3-10,12H2,1-2H3,(H,23,24,25). The highest BCUT2D eigenvalue weighted by atomic mass is 16.5. The molecule has 1 N–H and O–H groups in total. The third-order valence-electron chi connectivity index (χ3n) is 6.63. The Morgan fingerprint density at radius 2 is 1.84 bits per heavy atom. The highest BCUT2D eigenvalue weighted by Gasteiger charge is 2.32. The summed E-state index contributed by atoms with van der Waals surface area (Å²) in [5.74, 6) is 3.15. The fraction of sp³-hybridized carbons (Fsp3) is 0.591. The van der Waals surface area contributed by atoms with E-state index in [1.165, 1.54) is 0 Å². The molecule has 1 saturated heterocycles. The summed E-state index contributed by atoms with van der Waals surface area (Å²) in [6.07, 6.45) is 4.66. The number of fused-ring (bicyclic) bond motifs is 1. The fourth-order valence-corrected chi connectivity index (χ4v) is 4.56. The van der Waals surface area contributed by atoms with Crippen LogP contribution in [0.15, 0.2) is 10.6 Å². The van der Waals surface area contributed by atoms with Crippen LogP contribution in [0.25, 0.3) is 0 Å². The molecule has 0 atom stereocenters. The van der Waals surface area contributed by atoms with Crippen LogP contribution in [0, 0.1) is 0 Å². The Bertz CT molecular complexity index is 989. The lowest BCUT2D eigenvalue weighted by Gasteiger charge is -2.32. The van der Waals surface area contributed by atoms with Crippen LogP contribution in [-0.2, 0) is 17.8 Å². The molecule has 2 amide bonds. The first-order chi connectivity index (χ1) is 15.0. The van der Waals surface area contributed by atoms with Gasteiger partial charge in [-0.2, -0.15) is 0 Å². The Kier molecular flexibility index (Phi) is 5.11. The molecule has 164 valence electrons. The highest BCUT2D eigenvalue weighted by molar-refractivity contribution is 5.92. The molecule has 0 bridgehead atoms. The molecule has 2 aliphatic heterocycles. The Morgan fingerprint density at radius 1 is 1.06 bits per heavy atom. The van der Waals surface area contributed by atoms with E-state index in [-0.39, 0.29) is 17.7 Å². The lowest BCUT2D eigenvalue weighted by atomic mass is 9.95. The van der Waals surface area contributed by atoms with Crippen molar-refractivity contribution in [3.8, 4) is 0 Å². The summed E-state index contributed by atoms with van der Waals surface area (Å²) < 4.78 is 5.36. The third kappa shape index (κ3) is 3.88. The number of nitrogens with one attached hydrogen (secondary N) is 1. The van der Waals surface area contributed by atoms with Gasteiger partial charge in [-0.05, 0) is 25.7 Å². The van der Waals surface area contributed by atoms with Crippen molar-refractivity contribution in [2.75, 3.05) is 32.0 Å². The zero-order chi connectivity index (χ0) is 21.5. The van der Waals surface area contributed by atoms with Gasteiger partial charge in [0.1, 0.15) is 17.4 Å². The van der Waals surface area contributed by atoms with Crippen LogP contribution >= 0.6 is 0 Å². The second kappa shape index (κ2) is 7.94. The van der Waals surface area contributed by atoms with Gasteiger partial charge in [0.15, 0.2) is 5.69 Å². The van der Waals surface area contributed by atoms with Gasteiger partial charge in [0, 0.05) is 63.5 Å². The molecule has 31 heavy (non-hydrogen) atoms. The number of likely N-dealkylation sites (tertiary alicyclic amines) is 1. The second-order valence-corrected chi connectivity index (χ2v) is 8.75. The van der Waals surface area contributed by atoms with Gasteiger partial charge in [-0.3, -0.25) is 9.59 Å². The van der Waals surface area contributed by atoms with Crippen LogP contribution in [0.2, 0.25) is 0 Å². The molecule has 1 saturated carbocycles. The van der Waals surface area contributed by atoms with Gasteiger partial charge in [0.05, 0.1) is 12.2 Å². The zero-order valence-corrected chi connectivity index (χ0v) is 18.1. The second-order valence-electron chi connectivity index (χ2n) is 8.75. The van der Waals surface area contributed by atoms with Crippen LogP contribution in [0.1, 0.15) is 77.8 Å². The summed E-state index contributed by atoms with van der Waals surface area (Å²) in [4.78, 5) is 38.0. The van der Waals surface area contributed by atoms with E-state index in [9.17, 15) is 9.59 Å². The van der Waals surface area contributed by atoms with Crippen molar-refractivity contribution in [1.29, 1.82) is 0 Å². The van der Waals surface area contributed by atoms with Crippen LogP contribution in [0.3, 0.4) is 0 Å². The lowest BCUT2D eigenvalue weighted by molar-refractivity contribution is -0.129. The van der Waals surface area contributed by atoms with Crippen LogP contribution in [0.4, 0.5) is 5.82 Å². The molecule has 9 nitrogen and oxygen atoms in total. The van der Waals surface area contributed by atoms with Gasteiger partial charge in [-0.15, -0.1) is 0 Å². The summed E-state index contributed by atoms with van der Waals surface area (Å²) >= 11 is 0. The van der Waals surface area contributed by atoms with Gasteiger partial charge >= 0.3 is 0 Å². The number of anilines is 1. The largest absolute Gasteiger partial charge is 0.373 e. The van der Waals surface area contributed by atoms with E-state index in [1.807, 2.05) is 11.9 Å². The van der Waals surface area contributed by atoms with Crippen LogP contribution < -0.4 is 5.32 Å². The predicted molar refractivity (Wildman–Crippen MR) is 113 cm³/mol. The van der Waals surface area contributed by atoms with Crippen molar-refractivity contribution >= 4 is 17.6 Å². The van der Waals surface area contributed by atoms with Crippen molar-refractivity contribution in [2.24, 2.45) is 0 Å². The van der Waals surface area contributed by atoms with Gasteiger partial charge < -0.3 is 19.6 Å².